The van der Waals surface area contributed by atoms with Crippen LogP contribution in [-0.4, -0.2) is 15.0 Å². The van der Waals surface area contributed by atoms with Crippen molar-refractivity contribution in [1.29, 1.82) is 0 Å². The second-order valence-electron chi connectivity index (χ2n) is 14.0. The van der Waals surface area contributed by atoms with Crippen molar-refractivity contribution >= 4 is 53.4 Å². The summed E-state index contributed by atoms with van der Waals surface area (Å²) < 4.78 is 9.03. The summed E-state index contributed by atoms with van der Waals surface area (Å²) in [6, 6.07) is 65.7. The van der Waals surface area contributed by atoms with Crippen LogP contribution in [0.3, 0.4) is 0 Å². The van der Waals surface area contributed by atoms with E-state index in [9.17, 15) is 0 Å². The third kappa shape index (κ3) is 5.56. The number of benzene rings is 8. The second-order valence-corrected chi connectivity index (χ2v) is 15.0. The van der Waals surface area contributed by atoms with Crippen molar-refractivity contribution in [2.75, 3.05) is 0 Å². The summed E-state index contributed by atoms with van der Waals surface area (Å²) in [6.07, 6.45) is 0. The molecule has 3 aromatic heterocycles. The van der Waals surface area contributed by atoms with Crippen molar-refractivity contribution in [2.24, 2.45) is 0 Å². The molecule has 0 aliphatic heterocycles. The summed E-state index contributed by atoms with van der Waals surface area (Å²) in [6.45, 7) is 0. The van der Waals surface area contributed by atoms with Gasteiger partial charge in [-0.3, -0.25) is 0 Å². The summed E-state index contributed by atoms with van der Waals surface area (Å²) >= 11 is 1.84. The normalized spacial score (nSPS) is 11.6. The molecular formula is C51H31N3OS. The van der Waals surface area contributed by atoms with Gasteiger partial charge in [-0.2, -0.15) is 0 Å². The third-order valence-corrected chi connectivity index (χ3v) is 11.8. The van der Waals surface area contributed by atoms with Crippen LogP contribution in [0.25, 0.3) is 110 Å². The first-order valence-corrected chi connectivity index (χ1v) is 19.5. The minimum absolute atomic E-state index is 0.594. The summed E-state index contributed by atoms with van der Waals surface area (Å²) in [7, 11) is 0. The molecule has 0 aliphatic rings. The molecule has 0 spiro atoms. The van der Waals surface area contributed by atoms with Gasteiger partial charge < -0.3 is 4.42 Å². The maximum Gasteiger partial charge on any atom is 0.164 e. The summed E-state index contributed by atoms with van der Waals surface area (Å²) in [5.41, 5.74) is 11.3. The Hall–Kier alpha value is -7.21. The van der Waals surface area contributed by atoms with Crippen LogP contribution >= 0.6 is 11.3 Å². The van der Waals surface area contributed by atoms with Crippen molar-refractivity contribution < 1.29 is 4.42 Å². The van der Waals surface area contributed by atoms with E-state index in [-0.39, 0.29) is 0 Å². The summed E-state index contributed by atoms with van der Waals surface area (Å²) in [5, 5.41) is 4.55. The van der Waals surface area contributed by atoms with E-state index in [1.807, 2.05) is 59.9 Å². The average Bonchev–Trinajstić information content (AvgIpc) is 3.85. The quantitative estimate of drug-likeness (QED) is 0.171. The van der Waals surface area contributed by atoms with Gasteiger partial charge in [0.05, 0.1) is 0 Å². The van der Waals surface area contributed by atoms with E-state index in [0.717, 1.165) is 55.3 Å². The molecule has 0 amide bonds. The zero-order valence-electron chi connectivity index (χ0n) is 30.1. The van der Waals surface area contributed by atoms with E-state index in [1.165, 1.54) is 36.9 Å². The number of furan rings is 1. The Labute approximate surface area is 327 Å². The van der Waals surface area contributed by atoms with Gasteiger partial charge in [-0.1, -0.05) is 158 Å². The van der Waals surface area contributed by atoms with Gasteiger partial charge in [0, 0.05) is 47.6 Å². The predicted octanol–water partition coefficient (Wildman–Crippen LogP) is 14.1. The van der Waals surface area contributed by atoms with Gasteiger partial charge in [-0.05, 0) is 63.7 Å². The number of rotatable bonds is 6. The van der Waals surface area contributed by atoms with Crippen molar-refractivity contribution in [3.63, 3.8) is 0 Å². The van der Waals surface area contributed by atoms with E-state index in [4.69, 9.17) is 19.4 Å². The Morgan fingerprint density at radius 2 is 0.911 bits per heavy atom. The first-order chi connectivity index (χ1) is 27.7. The molecule has 0 saturated heterocycles. The van der Waals surface area contributed by atoms with E-state index < -0.39 is 0 Å². The van der Waals surface area contributed by atoms with Crippen LogP contribution in [0.4, 0.5) is 0 Å². The molecule has 11 rings (SSSR count). The van der Waals surface area contributed by atoms with Crippen molar-refractivity contribution in [1.82, 2.24) is 15.0 Å². The molecule has 8 aromatic carbocycles. The molecule has 0 fully saturated rings. The first-order valence-electron chi connectivity index (χ1n) is 18.7. The standard InChI is InChI=1S/C51H31N3OS/c1-3-12-32(13-4-1)33-24-26-34(27-25-33)36-28-29-44-43(31-36)47-42(21-11-22-45(47)55-44)51-53-49(35-14-5-2-6-15-35)52-50(54-51)38-17-9-16-37(30-38)39-19-10-20-41-40-18-7-8-23-46(40)56-48(39)41/h1-31H. The molecule has 3 heterocycles. The first kappa shape index (κ1) is 32.2. The van der Waals surface area contributed by atoms with E-state index in [2.05, 4.69) is 140 Å². The summed E-state index contributed by atoms with van der Waals surface area (Å²) in [4.78, 5) is 15.5. The molecular weight excluding hydrogens is 703 g/mol. The van der Waals surface area contributed by atoms with Crippen LogP contribution in [0.5, 0.6) is 0 Å². The average molecular weight is 734 g/mol. The van der Waals surface area contributed by atoms with E-state index in [1.54, 1.807) is 0 Å². The van der Waals surface area contributed by atoms with Gasteiger partial charge in [0.25, 0.3) is 0 Å². The van der Waals surface area contributed by atoms with Crippen molar-refractivity contribution in [3.05, 3.63) is 188 Å². The molecule has 11 aromatic rings. The number of fused-ring (bicyclic) bond motifs is 6. The summed E-state index contributed by atoms with van der Waals surface area (Å²) in [5.74, 6) is 1.83. The highest BCUT2D eigenvalue weighted by Crippen LogP contribution is 2.42. The molecule has 0 radical (unpaired) electrons. The lowest BCUT2D eigenvalue weighted by atomic mass is 9.98. The highest BCUT2D eigenvalue weighted by molar-refractivity contribution is 7.26. The van der Waals surface area contributed by atoms with E-state index in [0.29, 0.717) is 17.5 Å². The smallest absolute Gasteiger partial charge is 0.164 e. The number of thiophene rings is 1. The Balaban J connectivity index is 1.06. The van der Waals surface area contributed by atoms with Gasteiger partial charge in [0.15, 0.2) is 17.5 Å². The van der Waals surface area contributed by atoms with Crippen LogP contribution in [0, 0.1) is 0 Å². The SMILES string of the molecule is c1ccc(-c2ccc(-c3ccc4oc5cccc(-c6nc(-c7ccccc7)nc(-c7cccc(-c8cccc9c8sc8ccccc89)c7)n6)c5c4c3)cc2)cc1. The molecule has 0 atom stereocenters. The highest BCUT2D eigenvalue weighted by Gasteiger charge is 2.19. The lowest BCUT2D eigenvalue weighted by molar-refractivity contribution is 0.669. The molecule has 262 valence electrons. The molecule has 0 aliphatic carbocycles. The Morgan fingerprint density at radius 1 is 0.339 bits per heavy atom. The number of aromatic nitrogens is 3. The van der Waals surface area contributed by atoms with Gasteiger partial charge in [0.1, 0.15) is 11.2 Å². The highest BCUT2D eigenvalue weighted by atomic mass is 32.1. The minimum Gasteiger partial charge on any atom is -0.456 e. The largest absolute Gasteiger partial charge is 0.456 e. The van der Waals surface area contributed by atoms with Crippen LogP contribution in [0.15, 0.2) is 192 Å². The molecule has 5 heteroatoms. The van der Waals surface area contributed by atoms with Gasteiger partial charge in [-0.15, -0.1) is 11.3 Å². The molecule has 4 nitrogen and oxygen atoms in total. The molecule has 0 bridgehead atoms. The molecule has 56 heavy (non-hydrogen) atoms. The zero-order valence-corrected chi connectivity index (χ0v) is 30.9. The minimum atomic E-state index is 0.594. The van der Waals surface area contributed by atoms with Crippen molar-refractivity contribution in [3.8, 4) is 67.5 Å². The Morgan fingerprint density at radius 3 is 1.73 bits per heavy atom. The van der Waals surface area contributed by atoms with Crippen molar-refractivity contribution in [2.45, 2.75) is 0 Å². The Kier molecular flexibility index (Phi) is 7.64. The van der Waals surface area contributed by atoms with Gasteiger partial charge in [0.2, 0.25) is 0 Å². The maximum absolute atomic E-state index is 6.46. The van der Waals surface area contributed by atoms with Crippen LogP contribution in [-0.2, 0) is 0 Å². The zero-order chi connectivity index (χ0) is 37.0. The molecule has 0 unspecified atom stereocenters. The lowest BCUT2D eigenvalue weighted by Crippen LogP contribution is -2.00. The second kappa shape index (κ2) is 13.3. The topological polar surface area (TPSA) is 51.8 Å². The van der Waals surface area contributed by atoms with Crippen LogP contribution in [0.1, 0.15) is 0 Å². The fourth-order valence-electron chi connectivity index (χ4n) is 7.82. The number of hydrogen-bond acceptors (Lipinski definition) is 5. The fraction of sp³-hybridized carbons (Fsp3) is 0. The predicted molar refractivity (Wildman–Crippen MR) is 233 cm³/mol. The molecule has 0 N–H and O–H groups in total. The van der Waals surface area contributed by atoms with Crippen LogP contribution < -0.4 is 0 Å². The number of nitrogens with zero attached hydrogens (tertiary/aromatic N) is 3. The number of hydrogen-bond donors (Lipinski definition) is 0. The maximum atomic E-state index is 6.46. The van der Waals surface area contributed by atoms with Crippen LogP contribution in [0.2, 0.25) is 0 Å². The van der Waals surface area contributed by atoms with Gasteiger partial charge >= 0.3 is 0 Å². The van der Waals surface area contributed by atoms with E-state index >= 15 is 0 Å². The van der Waals surface area contributed by atoms with Gasteiger partial charge in [-0.25, -0.2) is 15.0 Å². The third-order valence-electron chi connectivity index (χ3n) is 10.6. The molecule has 0 saturated carbocycles. The fourth-order valence-corrected chi connectivity index (χ4v) is 9.06. The monoisotopic (exact) mass is 733 g/mol. The Bertz CT molecular complexity index is 3240. The lowest BCUT2D eigenvalue weighted by Gasteiger charge is -2.11.